The second-order valence-electron chi connectivity index (χ2n) is 9.46. The van der Waals surface area contributed by atoms with Crippen LogP contribution < -0.4 is 15.5 Å². The number of carbonyl (C=O) groups is 3. The number of aliphatic carboxylic acids is 1. The maximum Gasteiger partial charge on any atom is 0.334 e. The fourth-order valence-corrected chi connectivity index (χ4v) is 4.90. The lowest BCUT2D eigenvalue weighted by atomic mass is 9.93. The molecule has 0 radical (unpaired) electrons. The van der Waals surface area contributed by atoms with Crippen LogP contribution in [-0.4, -0.2) is 40.8 Å². The summed E-state index contributed by atoms with van der Waals surface area (Å²) in [5.41, 5.74) is 4.61. The summed E-state index contributed by atoms with van der Waals surface area (Å²) in [4.78, 5) is 38.2. The van der Waals surface area contributed by atoms with Crippen LogP contribution in [0.25, 0.3) is 5.57 Å². The Hall–Kier alpha value is -3.50. The number of urea groups is 1. The van der Waals surface area contributed by atoms with Gasteiger partial charge >= 0.3 is 12.0 Å². The molecule has 41 heavy (non-hydrogen) atoms. The zero-order chi connectivity index (χ0) is 28.6. The van der Waals surface area contributed by atoms with Gasteiger partial charge in [-0.3, -0.25) is 9.69 Å². The van der Waals surface area contributed by atoms with Crippen molar-refractivity contribution < 1.29 is 24.6 Å². The van der Waals surface area contributed by atoms with E-state index < -0.39 is 30.6 Å². The van der Waals surface area contributed by atoms with Gasteiger partial charge < -0.3 is 20.8 Å². The van der Waals surface area contributed by atoms with Gasteiger partial charge in [0.25, 0.3) is 5.91 Å². The molecule has 4 N–H and O–H groups in total. The maximum atomic E-state index is 13.5. The number of carbonyl (C=O) groups excluding carboxylic acids is 2. The molecule has 1 aliphatic carbocycles. The third kappa shape index (κ3) is 8.99. The number of nitrogens with zero attached hydrogens (tertiary/aromatic N) is 1. The zero-order valence-electron chi connectivity index (χ0n) is 22.1. The number of allylic oxidation sites excluding steroid dienone is 2. The van der Waals surface area contributed by atoms with Crippen molar-refractivity contribution in [3.63, 3.8) is 0 Å². The van der Waals surface area contributed by atoms with E-state index in [9.17, 15) is 19.5 Å². The van der Waals surface area contributed by atoms with Crippen molar-refractivity contribution in [2.75, 3.05) is 16.8 Å². The minimum Gasteiger partial charge on any atom is -0.479 e. The van der Waals surface area contributed by atoms with Gasteiger partial charge in [0.2, 0.25) is 0 Å². The molecule has 8 nitrogen and oxygen atoms in total. The molecule has 1 atom stereocenters. The van der Waals surface area contributed by atoms with Crippen molar-refractivity contribution in [3.8, 4) is 0 Å². The van der Waals surface area contributed by atoms with E-state index >= 15 is 0 Å². The van der Waals surface area contributed by atoms with Gasteiger partial charge in [-0.15, -0.1) is 0 Å². The Morgan fingerprint density at radius 1 is 0.927 bits per heavy atom. The maximum absolute atomic E-state index is 13.5. The number of benzene rings is 3. The molecule has 0 unspecified atom stereocenters. The first-order chi connectivity index (χ1) is 19.2. The summed E-state index contributed by atoms with van der Waals surface area (Å²) >= 11 is 12.2. The van der Waals surface area contributed by atoms with Gasteiger partial charge in [0.05, 0.1) is 13.1 Å². The van der Waals surface area contributed by atoms with Gasteiger partial charge in [0, 0.05) is 27.0 Å². The number of rotatable bonds is 9. The number of aliphatic hydroxyl groups excluding tert-OH is 1. The SMILES string of the molecule is O=C(NC[C@H](O)C(=O)O)c1ccc(CN(C(=O)Nc2cc(Cl)cc(Cl)c2)c2ccc(C3=CCCCC3)cc2)cc1.S. The lowest BCUT2D eigenvalue weighted by Gasteiger charge is -2.24. The van der Waals surface area contributed by atoms with Crippen molar-refractivity contribution in [2.24, 2.45) is 0 Å². The van der Waals surface area contributed by atoms with Crippen LogP contribution in [0.4, 0.5) is 16.2 Å². The average Bonchev–Trinajstić information content (AvgIpc) is 2.94. The zero-order valence-corrected chi connectivity index (χ0v) is 24.6. The van der Waals surface area contributed by atoms with Gasteiger partial charge in [0.15, 0.2) is 6.10 Å². The fraction of sp³-hybridized carbons (Fsp3) is 0.233. The normalized spacial score (nSPS) is 13.3. The average molecular weight is 617 g/mol. The van der Waals surface area contributed by atoms with Crippen molar-refractivity contribution in [2.45, 2.75) is 38.3 Å². The molecule has 1 aliphatic rings. The topological polar surface area (TPSA) is 119 Å². The lowest BCUT2D eigenvalue weighted by molar-refractivity contribution is -0.146. The quantitative estimate of drug-likeness (QED) is 0.220. The molecule has 3 aromatic carbocycles. The highest BCUT2D eigenvalue weighted by Gasteiger charge is 2.19. The smallest absolute Gasteiger partial charge is 0.334 e. The van der Waals surface area contributed by atoms with E-state index in [2.05, 4.69) is 16.7 Å². The number of hydrogen-bond acceptors (Lipinski definition) is 4. The van der Waals surface area contributed by atoms with Crippen LogP contribution in [0.2, 0.25) is 10.0 Å². The third-order valence-corrected chi connectivity index (χ3v) is 6.93. The molecule has 0 saturated heterocycles. The second-order valence-corrected chi connectivity index (χ2v) is 10.3. The molecule has 0 spiro atoms. The van der Waals surface area contributed by atoms with Gasteiger partial charge in [-0.25, -0.2) is 9.59 Å². The van der Waals surface area contributed by atoms with Gasteiger partial charge in [0.1, 0.15) is 0 Å². The summed E-state index contributed by atoms with van der Waals surface area (Å²) in [6.45, 7) is -0.216. The van der Waals surface area contributed by atoms with Crippen molar-refractivity contribution in [1.29, 1.82) is 0 Å². The Balaban J connectivity index is 0.00000462. The number of nitrogens with one attached hydrogen (secondary N) is 2. The van der Waals surface area contributed by atoms with E-state index in [0.717, 1.165) is 24.0 Å². The van der Waals surface area contributed by atoms with Gasteiger partial charge in [-0.1, -0.05) is 53.5 Å². The highest BCUT2D eigenvalue weighted by molar-refractivity contribution is 7.59. The summed E-state index contributed by atoms with van der Waals surface area (Å²) in [7, 11) is 0. The first kappa shape index (κ1) is 32.0. The summed E-state index contributed by atoms with van der Waals surface area (Å²) in [5, 5.41) is 24.2. The molecule has 0 aromatic heterocycles. The number of anilines is 2. The van der Waals surface area contributed by atoms with E-state index in [-0.39, 0.29) is 25.6 Å². The summed E-state index contributed by atoms with van der Waals surface area (Å²) in [6.07, 6.45) is 5.06. The number of carboxylic acid groups (broad SMARTS) is 1. The predicted octanol–water partition coefficient (Wildman–Crippen LogP) is 6.48. The van der Waals surface area contributed by atoms with E-state index in [0.29, 0.717) is 21.4 Å². The molecule has 0 fully saturated rings. The molecule has 0 saturated carbocycles. The van der Waals surface area contributed by atoms with Crippen molar-refractivity contribution in [3.05, 3.63) is 99.5 Å². The van der Waals surface area contributed by atoms with Crippen LogP contribution in [0.3, 0.4) is 0 Å². The minimum absolute atomic E-state index is 0. The Morgan fingerprint density at radius 3 is 2.17 bits per heavy atom. The largest absolute Gasteiger partial charge is 0.479 e. The molecule has 4 rings (SSSR count). The van der Waals surface area contributed by atoms with Crippen molar-refractivity contribution in [1.82, 2.24) is 5.32 Å². The van der Waals surface area contributed by atoms with Gasteiger partial charge in [-0.2, -0.15) is 13.5 Å². The molecule has 0 bridgehead atoms. The van der Waals surface area contributed by atoms with Crippen molar-refractivity contribution >= 4 is 71.6 Å². The summed E-state index contributed by atoms with van der Waals surface area (Å²) < 4.78 is 0. The monoisotopic (exact) mass is 615 g/mol. The number of carboxylic acids is 1. The Kier molecular flexibility index (Phi) is 11.7. The predicted molar refractivity (Wildman–Crippen MR) is 167 cm³/mol. The number of amides is 3. The molecule has 3 amide bonds. The fourth-order valence-electron chi connectivity index (χ4n) is 4.38. The third-order valence-electron chi connectivity index (χ3n) is 6.50. The molecule has 11 heteroatoms. The Morgan fingerprint density at radius 2 is 1.59 bits per heavy atom. The summed E-state index contributed by atoms with van der Waals surface area (Å²) in [5.74, 6) is -1.94. The van der Waals surface area contributed by atoms with Crippen LogP contribution >= 0.6 is 36.7 Å². The molecule has 216 valence electrons. The minimum atomic E-state index is -1.69. The van der Waals surface area contributed by atoms with Crippen LogP contribution in [-0.2, 0) is 11.3 Å². The second kappa shape index (κ2) is 14.9. The number of halogens is 2. The first-order valence-corrected chi connectivity index (χ1v) is 13.6. The number of hydrogen-bond donors (Lipinski definition) is 4. The highest BCUT2D eigenvalue weighted by atomic mass is 35.5. The molecule has 3 aromatic rings. The van der Waals surface area contributed by atoms with E-state index in [1.165, 1.54) is 18.4 Å². The van der Waals surface area contributed by atoms with Crippen LogP contribution in [0, 0.1) is 0 Å². The van der Waals surface area contributed by atoms with Crippen LogP contribution in [0.1, 0.15) is 47.2 Å². The Labute approximate surface area is 255 Å². The molecule has 0 aliphatic heterocycles. The number of aliphatic hydroxyl groups is 1. The van der Waals surface area contributed by atoms with Crippen LogP contribution in [0.5, 0.6) is 0 Å². The Bertz CT molecular complexity index is 1390. The van der Waals surface area contributed by atoms with Gasteiger partial charge in [-0.05, 0) is 84.8 Å². The first-order valence-electron chi connectivity index (χ1n) is 12.8. The standard InChI is InChI=1S/C30H29Cl2N3O5.H2S/c31-23-14-24(32)16-25(15-23)34-30(40)35(26-12-10-21(11-13-26)20-4-2-1-3-5-20)18-19-6-8-22(9-7-19)28(37)33-17-27(36)29(38)39;/h4,6-16,27,36H,1-3,5,17-18H2,(H,33,37)(H,34,40)(H,38,39);1H2/t27-;/m0./s1. The highest BCUT2D eigenvalue weighted by Crippen LogP contribution is 2.29. The van der Waals surface area contributed by atoms with E-state index in [1.54, 1.807) is 47.4 Å². The molecular weight excluding hydrogens is 585 g/mol. The van der Waals surface area contributed by atoms with E-state index in [4.69, 9.17) is 28.3 Å². The molecule has 0 heterocycles. The molecular formula is C30H31Cl2N3O5S. The van der Waals surface area contributed by atoms with E-state index in [1.807, 2.05) is 24.3 Å². The summed E-state index contributed by atoms with van der Waals surface area (Å²) in [6, 6.07) is 18.8. The van der Waals surface area contributed by atoms with Crippen LogP contribution in [0.15, 0.2) is 72.8 Å². The lowest BCUT2D eigenvalue weighted by Crippen LogP contribution is -2.36.